The summed E-state index contributed by atoms with van der Waals surface area (Å²) in [7, 11) is 1.52. The van der Waals surface area contributed by atoms with Crippen LogP contribution in [0.2, 0.25) is 0 Å². The predicted molar refractivity (Wildman–Crippen MR) is 73.3 cm³/mol. The van der Waals surface area contributed by atoms with Gasteiger partial charge in [0.2, 0.25) is 5.91 Å². The average Bonchev–Trinajstić information content (AvgIpc) is 2.39. The molecular formula is C13H19N3O3. The van der Waals surface area contributed by atoms with Gasteiger partial charge in [-0.3, -0.25) is 4.79 Å². The number of likely N-dealkylation sites (N-methyl/N-ethyl adjacent to an activating group) is 1. The summed E-state index contributed by atoms with van der Waals surface area (Å²) < 4.78 is 5.12. The van der Waals surface area contributed by atoms with Crippen molar-refractivity contribution in [3.8, 4) is 5.75 Å². The van der Waals surface area contributed by atoms with Crippen molar-refractivity contribution in [1.29, 1.82) is 0 Å². The minimum atomic E-state index is -0.602. The molecule has 0 saturated carbocycles. The fourth-order valence-corrected chi connectivity index (χ4v) is 1.50. The standard InChI is InChI=1S/C13H19N3O3/c1-4-14-12(17)9(2)15-13(18)16-10-7-5-6-8-11(10)19-3/h5-9H,4H2,1-3H3,(H,14,17)(H2,15,16,18)/t9-/m0/s1. The molecule has 0 heterocycles. The number of carbonyl (C=O) groups excluding carboxylic acids is 2. The van der Waals surface area contributed by atoms with E-state index in [-0.39, 0.29) is 5.91 Å². The van der Waals surface area contributed by atoms with E-state index >= 15 is 0 Å². The van der Waals surface area contributed by atoms with Gasteiger partial charge in [0.25, 0.3) is 0 Å². The Labute approximate surface area is 112 Å². The van der Waals surface area contributed by atoms with Gasteiger partial charge < -0.3 is 20.7 Å². The van der Waals surface area contributed by atoms with E-state index in [4.69, 9.17) is 4.74 Å². The maximum atomic E-state index is 11.7. The Balaban J connectivity index is 2.58. The summed E-state index contributed by atoms with van der Waals surface area (Å²) >= 11 is 0. The molecule has 0 unspecified atom stereocenters. The molecule has 0 aliphatic heterocycles. The third-order valence-electron chi connectivity index (χ3n) is 2.45. The van der Waals surface area contributed by atoms with Crippen LogP contribution >= 0.6 is 0 Å². The first-order valence-corrected chi connectivity index (χ1v) is 6.06. The summed E-state index contributed by atoms with van der Waals surface area (Å²) in [5.41, 5.74) is 0.547. The number of amides is 3. The van der Waals surface area contributed by atoms with Gasteiger partial charge in [-0.15, -0.1) is 0 Å². The van der Waals surface area contributed by atoms with E-state index in [1.807, 2.05) is 6.92 Å². The zero-order valence-electron chi connectivity index (χ0n) is 11.3. The number of anilines is 1. The van der Waals surface area contributed by atoms with Crippen LogP contribution in [0, 0.1) is 0 Å². The fraction of sp³-hybridized carbons (Fsp3) is 0.385. The molecule has 0 bridgehead atoms. The molecule has 19 heavy (non-hydrogen) atoms. The minimum absolute atomic E-state index is 0.224. The van der Waals surface area contributed by atoms with E-state index in [9.17, 15) is 9.59 Å². The second-order valence-corrected chi connectivity index (χ2v) is 3.92. The number of ether oxygens (including phenoxy) is 1. The van der Waals surface area contributed by atoms with Crippen LogP contribution in [0.1, 0.15) is 13.8 Å². The highest BCUT2D eigenvalue weighted by atomic mass is 16.5. The normalized spacial score (nSPS) is 11.3. The molecule has 0 radical (unpaired) electrons. The first-order valence-electron chi connectivity index (χ1n) is 6.06. The Hall–Kier alpha value is -2.24. The number of para-hydroxylation sites is 2. The van der Waals surface area contributed by atoms with Crippen LogP contribution in [0.25, 0.3) is 0 Å². The minimum Gasteiger partial charge on any atom is -0.495 e. The molecule has 1 aromatic rings. The molecule has 3 amide bonds. The Morgan fingerprint density at radius 1 is 1.32 bits per heavy atom. The second-order valence-electron chi connectivity index (χ2n) is 3.92. The van der Waals surface area contributed by atoms with Crippen LogP contribution in [0.4, 0.5) is 10.5 Å². The first kappa shape index (κ1) is 14.8. The second kappa shape index (κ2) is 7.25. The molecule has 1 atom stereocenters. The molecule has 6 nitrogen and oxygen atoms in total. The van der Waals surface area contributed by atoms with E-state index in [2.05, 4.69) is 16.0 Å². The average molecular weight is 265 g/mol. The third-order valence-corrected chi connectivity index (χ3v) is 2.45. The molecule has 6 heteroatoms. The van der Waals surface area contributed by atoms with Gasteiger partial charge in [-0.2, -0.15) is 0 Å². The predicted octanol–water partition coefficient (Wildman–Crippen LogP) is 1.34. The Bertz CT molecular complexity index is 449. The highest BCUT2D eigenvalue weighted by Crippen LogP contribution is 2.22. The van der Waals surface area contributed by atoms with Crippen LogP contribution in [-0.2, 0) is 4.79 Å². The monoisotopic (exact) mass is 265 g/mol. The van der Waals surface area contributed by atoms with Crippen molar-refractivity contribution in [2.75, 3.05) is 19.0 Å². The van der Waals surface area contributed by atoms with Gasteiger partial charge in [0.1, 0.15) is 11.8 Å². The Kier molecular flexibility index (Phi) is 5.66. The highest BCUT2D eigenvalue weighted by molar-refractivity contribution is 5.94. The fourth-order valence-electron chi connectivity index (χ4n) is 1.50. The van der Waals surface area contributed by atoms with Crippen molar-refractivity contribution >= 4 is 17.6 Å². The lowest BCUT2D eigenvalue weighted by Crippen LogP contribution is -2.46. The van der Waals surface area contributed by atoms with Crippen LogP contribution in [0.3, 0.4) is 0 Å². The van der Waals surface area contributed by atoms with Crippen molar-refractivity contribution in [3.05, 3.63) is 24.3 Å². The van der Waals surface area contributed by atoms with Crippen LogP contribution in [-0.4, -0.2) is 31.6 Å². The zero-order chi connectivity index (χ0) is 14.3. The van der Waals surface area contributed by atoms with E-state index in [0.717, 1.165) is 0 Å². The number of hydrogen-bond acceptors (Lipinski definition) is 3. The van der Waals surface area contributed by atoms with Gasteiger partial charge in [0.05, 0.1) is 12.8 Å². The number of carbonyl (C=O) groups is 2. The van der Waals surface area contributed by atoms with Crippen LogP contribution in [0.15, 0.2) is 24.3 Å². The third kappa shape index (κ3) is 4.50. The quantitative estimate of drug-likeness (QED) is 0.751. The van der Waals surface area contributed by atoms with E-state index in [1.165, 1.54) is 7.11 Å². The SMILES string of the molecule is CCNC(=O)[C@H](C)NC(=O)Nc1ccccc1OC. The molecule has 0 spiro atoms. The first-order chi connectivity index (χ1) is 9.08. The molecule has 0 aliphatic carbocycles. The summed E-state index contributed by atoms with van der Waals surface area (Å²) in [4.78, 5) is 23.2. The van der Waals surface area contributed by atoms with Gasteiger partial charge in [0.15, 0.2) is 0 Å². The maximum Gasteiger partial charge on any atom is 0.319 e. The smallest absolute Gasteiger partial charge is 0.319 e. The molecule has 1 aromatic carbocycles. The lowest BCUT2D eigenvalue weighted by molar-refractivity contribution is -0.122. The number of hydrogen-bond donors (Lipinski definition) is 3. The molecule has 3 N–H and O–H groups in total. The van der Waals surface area contributed by atoms with Gasteiger partial charge in [-0.25, -0.2) is 4.79 Å². The van der Waals surface area contributed by atoms with Crippen molar-refractivity contribution < 1.29 is 14.3 Å². The number of nitrogens with one attached hydrogen (secondary N) is 3. The lowest BCUT2D eigenvalue weighted by atomic mass is 10.3. The molecule has 1 rings (SSSR count). The van der Waals surface area contributed by atoms with E-state index < -0.39 is 12.1 Å². The van der Waals surface area contributed by atoms with Gasteiger partial charge >= 0.3 is 6.03 Å². The van der Waals surface area contributed by atoms with E-state index in [1.54, 1.807) is 31.2 Å². The van der Waals surface area contributed by atoms with Gasteiger partial charge in [0, 0.05) is 6.54 Å². The summed E-state index contributed by atoms with van der Waals surface area (Å²) in [6.45, 7) is 3.96. The topological polar surface area (TPSA) is 79.5 Å². The van der Waals surface area contributed by atoms with Crippen molar-refractivity contribution in [1.82, 2.24) is 10.6 Å². The summed E-state index contributed by atoms with van der Waals surface area (Å²) in [5.74, 6) is 0.334. The van der Waals surface area contributed by atoms with Crippen LogP contribution in [0.5, 0.6) is 5.75 Å². The van der Waals surface area contributed by atoms with Crippen molar-refractivity contribution in [3.63, 3.8) is 0 Å². The summed E-state index contributed by atoms with van der Waals surface area (Å²) in [5, 5.41) is 7.81. The van der Waals surface area contributed by atoms with Gasteiger partial charge in [-0.05, 0) is 26.0 Å². The summed E-state index contributed by atoms with van der Waals surface area (Å²) in [6.07, 6.45) is 0. The number of methoxy groups -OCH3 is 1. The highest BCUT2D eigenvalue weighted by Gasteiger charge is 2.15. The largest absolute Gasteiger partial charge is 0.495 e. The molecule has 0 saturated heterocycles. The van der Waals surface area contributed by atoms with Crippen LogP contribution < -0.4 is 20.7 Å². The molecule has 0 fully saturated rings. The Morgan fingerprint density at radius 2 is 2.00 bits per heavy atom. The van der Waals surface area contributed by atoms with Gasteiger partial charge in [-0.1, -0.05) is 12.1 Å². The zero-order valence-corrected chi connectivity index (χ0v) is 11.3. The number of benzene rings is 1. The van der Waals surface area contributed by atoms with Crippen molar-refractivity contribution in [2.45, 2.75) is 19.9 Å². The molecule has 0 aromatic heterocycles. The maximum absolute atomic E-state index is 11.7. The lowest BCUT2D eigenvalue weighted by Gasteiger charge is -2.15. The molecule has 0 aliphatic rings. The van der Waals surface area contributed by atoms with E-state index in [0.29, 0.717) is 18.0 Å². The van der Waals surface area contributed by atoms with Crippen molar-refractivity contribution in [2.24, 2.45) is 0 Å². The number of rotatable bonds is 5. The Morgan fingerprint density at radius 3 is 2.63 bits per heavy atom. The molecule has 104 valence electrons. The molecular weight excluding hydrogens is 246 g/mol. The number of urea groups is 1. The summed E-state index contributed by atoms with van der Waals surface area (Å²) in [6, 6.07) is 5.99.